The van der Waals surface area contributed by atoms with E-state index < -0.39 is 0 Å². The summed E-state index contributed by atoms with van der Waals surface area (Å²) in [6.45, 7) is 1.06. The van der Waals surface area contributed by atoms with Crippen LogP contribution in [0, 0.1) is 0 Å². The Hall–Kier alpha value is -2.55. The molecule has 1 atom stereocenters. The summed E-state index contributed by atoms with van der Waals surface area (Å²) in [5.74, 6) is 0. The number of anilines is 1. The number of hydrogen-bond donors (Lipinski definition) is 0. The lowest BCUT2D eigenvalue weighted by molar-refractivity contribution is 0.610. The first-order chi connectivity index (χ1) is 10.4. The zero-order chi connectivity index (χ0) is 13.8. The van der Waals surface area contributed by atoms with Gasteiger partial charge >= 0.3 is 0 Å². The number of para-hydroxylation sites is 2. The van der Waals surface area contributed by atoms with Crippen LogP contribution in [0.2, 0.25) is 0 Å². The van der Waals surface area contributed by atoms with Crippen LogP contribution in [0.25, 0.3) is 5.69 Å². The topological polar surface area (TPSA) is 21.1 Å². The molecular weight excluding hydrogens is 258 g/mol. The van der Waals surface area contributed by atoms with Crippen LogP contribution in [0.3, 0.4) is 0 Å². The Balaban J connectivity index is 1.82. The van der Waals surface area contributed by atoms with E-state index in [-0.39, 0.29) is 6.04 Å². The maximum absolute atomic E-state index is 4.40. The number of benzene rings is 2. The van der Waals surface area contributed by atoms with E-state index in [1.165, 1.54) is 28.2 Å². The fraction of sp³-hybridized carbons (Fsp3) is 0.167. The third-order valence-corrected chi connectivity index (χ3v) is 4.68. The predicted octanol–water partition coefficient (Wildman–Crippen LogP) is 3.34. The van der Waals surface area contributed by atoms with Gasteiger partial charge in [-0.1, -0.05) is 36.4 Å². The van der Waals surface area contributed by atoms with Crippen LogP contribution in [-0.4, -0.2) is 16.1 Å². The van der Waals surface area contributed by atoms with Crippen molar-refractivity contribution in [1.29, 1.82) is 0 Å². The van der Waals surface area contributed by atoms with Gasteiger partial charge in [-0.2, -0.15) is 0 Å². The monoisotopic (exact) mass is 273 g/mol. The fourth-order valence-electron chi connectivity index (χ4n) is 3.76. The molecule has 3 heteroatoms. The molecule has 0 aliphatic carbocycles. The molecule has 0 bridgehead atoms. The van der Waals surface area contributed by atoms with Gasteiger partial charge < -0.3 is 4.90 Å². The summed E-state index contributed by atoms with van der Waals surface area (Å²) in [6, 6.07) is 17.7. The molecule has 102 valence electrons. The molecule has 3 aromatic rings. The smallest absolute Gasteiger partial charge is 0.0995 e. The van der Waals surface area contributed by atoms with Crippen molar-refractivity contribution in [3.8, 4) is 5.69 Å². The van der Waals surface area contributed by atoms with E-state index in [0.717, 1.165) is 13.0 Å². The molecule has 3 heterocycles. The lowest BCUT2D eigenvalue weighted by Crippen LogP contribution is -2.40. The van der Waals surface area contributed by atoms with Gasteiger partial charge in [0, 0.05) is 6.54 Å². The third-order valence-electron chi connectivity index (χ3n) is 4.68. The second-order valence-corrected chi connectivity index (χ2v) is 5.72. The van der Waals surface area contributed by atoms with Gasteiger partial charge in [0.05, 0.1) is 35.6 Å². The minimum Gasteiger partial charge on any atom is -0.357 e. The number of aromatic nitrogens is 2. The molecule has 0 amide bonds. The highest BCUT2D eigenvalue weighted by atomic mass is 15.3. The predicted molar refractivity (Wildman–Crippen MR) is 82.9 cm³/mol. The lowest BCUT2D eigenvalue weighted by Gasteiger charge is -2.43. The van der Waals surface area contributed by atoms with Crippen molar-refractivity contribution in [2.75, 3.05) is 11.4 Å². The van der Waals surface area contributed by atoms with Crippen molar-refractivity contribution in [2.24, 2.45) is 0 Å². The van der Waals surface area contributed by atoms with Crippen molar-refractivity contribution in [3.05, 3.63) is 77.9 Å². The molecule has 0 saturated carbocycles. The highest BCUT2D eigenvalue weighted by Gasteiger charge is 2.35. The summed E-state index contributed by atoms with van der Waals surface area (Å²) in [4.78, 5) is 6.93. The molecule has 0 fully saturated rings. The first kappa shape index (κ1) is 11.1. The normalized spacial score (nSPS) is 18.5. The Kier molecular flexibility index (Phi) is 2.11. The number of hydrogen-bond acceptors (Lipinski definition) is 2. The maximum atomic E-state index is 4.40. The van der Waals surface area contributed by atoms with Crippen LogP contribution in [0.4, 0.5) is 5.69 Å². The molecule has 0 saturated heterocycles. The third kappa shape index (κ3) is 1.40. The first-order valence-electron chi connectivity index (χ1n) is 7.39. The average Bonchev–Trinajstić information content (AvgIpc) is 3.04. The Morgan fingerprint density at radius 2 is 1.76 bits per heavy atom. The lowest BCUT2D eigenvalue weighted by atomic mass is 9.89. The van der Waals surface area contributed by atoms with E-state index in [0.29, 0.717) is 0 Å². The Labute approximate surface area is 123 Å². The van der Waals surface area contributed by atoms with Gasteiger partial charge in [-0.3, -0.25) is 4.57 Å². The SMILES string of the molecule is c1ccc2c(c1)CCN1c3ccccc3-n3cncc3C21. The van der Waals surface area contributed by atoms with Crippen molar-refractivity contribution in [1.82, 2.24) is 9.55 Å². The van der Waals surface area contributed by atoms with E-state index in [2.05, 4.69) is 63.0 Å². The van der Waals surface area contributed by atoms with Gasteiger partial charge in [0.1, 0.15) is 0 Å². The molecule has 2 aliphatic rings. The minimum atomic E-state index is 0.285. The molecule has 21 heavy (non-hydrogen) atoms. The second kappa shape index (κ2) is 3.98. The number of nitrogens with zero attached hydrogens (tertiary/aromatic N) is 3. The summed E-state index contributed by atoms with van der Waals surface area (Å²) in [5.41, 5.74) is 6.69. The van der Waals surface area contributed by atoms with Crippen LogP contribution in [0.1, 0.15) is 22.9 Å². The van der Waals surface area contributed by atoms with Crippen LogP contribution in [-0.2, 0) is 6.42 Å². The average molecular weight is 273 g/mol. The van der Waals surface area contributed by atoms with Gasteiger partial charge in [0.2, 0.25) is 0 Å². The van der Waals surface area contributed by atoms with E-state index in [1.54, 1.807) is 0 Å². The van der Waals surface area contributed by atoms with Crippen molar-refractivity contribution in [2.45, 2.75) is 12.5 Å². The summed E-state index contributed by atoms with van der Waals surface area (Å²) >= 11 is 0. The number of imidazole rings is 1. The van der Waals surface area contributed by atoms with Crippen molar-refractivity contribution >= 4 is 5.69 Å². The molecule has 2 aromatic carbocycles. The van der Waals surface area contributed by atoms with Crippen molar-refractivity contribution < 1.29 is 0 Å². The highest BCUT2D eigenvalue weighted by molar-refractivity contribution is 5.69. The Bertz CT molecular complexity index is 834. The van der Waals surface area contributed by atoms with E-state index >= 15 is 0 Å². The summed E-state index contributed by atoms with van der Waals surface area (Å²) < 4.78 is 2.23. The van der Waals surface area contributed by atoms with Crippen LogP contribution in [0.5, 0.6) is 0 Å². The molecule has 1 aromatic heterocycles. The molecule has 1 unspecified atom stereocenters. The molecule has 0 N–H and O–H groups in total. The first-order valence-corrected chi connectivity index (χ1v) is 7.39. The highest BCUT2D eigenvalue weighted by Crippen LogP contribution is 2.44. The van der Waals surface area contributed by atoms with Crippen molar-refractivity contribution in [3.63, 3.8) is 0 Å². The van der Waals surface area contributed by atoms with Gasteiger partial charge in [0.15, 0.2) is 0 Å². The zero-order valence-electron chi connectivity index (χ0n) is 11.6. The second-order valence-electron chi connectivity index (χ2n) is 5.72. The standard InChI is InChI=1S/C18H15N3/c1-2-6-14-13(5-1)9-10-20-15-7-3-4-8-16(15)21-12-19-11-17(21)18(14)20/h1-8,11-12,18H,9-10H2. The van der Waals surface area contributed by atoms with Crippen LogP contribution < -0.4 is 4.90 Å². The van der Waals surface area contributed by atoms with Gasteiger partial charge in [-0.15, -0.1) is 0 Å². The van der Waals surface area contributed by atoms with Gasteiger partial charge in [-0.05, 0) is 29.7 Å². The largest absolute Gasteiger partial charge is 0.357 e. The molecule has 5 rings (SSSR count). The van der Waals surface area contributed by atoms with E-state index in [1.807, 2.05) is 12.5 Å². The fourth-order valence-corrected chi connectivity index (χ4v) is 3.76. The summed E-state index contributed by atoms with van der Waals surface area (Å²) in [6.07, 6.45) is 5.05. The van der Waals surface area contributed by atoms with Crippen LogP contribution >= 0.6 is 0 Å². The van der Waals surface area contributed by atoms with E-state index in [4.69, 9.17) is 0 Å². The summed E-state index contributed by atoms with van der Waals surface area (Å²) in [7, 11) is 0. The molecule has 0 radical (unpaired) electrons. The number of rotatable bonds is 0. The molecule has 0 spiro atoms. The van der Waals surface area contributed by atoms with Gasteiger partial charge in [0.25, 0.3) is 0 Å². The Morgan fingerprint density at radius 3 is 2.71 bits per heavy atom. The van der Waals surface area contributed by atoms with Crippen LogP contribution in [0.15, 0.2) is 61.1 Å². The number of fused-ring (bicyclic) bond motifs is 8. The molecule has 3 nitrogen and oxygen atoms in total. The Morgan fingerprint density at radius 1 is 0.952 bits per heavy atom. The minimum absolute atomic E-state index is 0.285. The van der Waals surface area contributed by atoms with E-state index in [9.17, 15) is 0 Å². The van der Waals surface area contributed by atoms with Gasteiger partial charge in [-0.25, -0.2) is 4.98 Å². The zero-order valence-corrected chi connectivity index (χ0v) is 11.6. The molecule has 2 aliphatic heterocycles. The quantitative estimate of drug-likeness (QED) is 0.626. The molecular formula is C18H15N3. The maximum Gasteiger partial charge on any atom is 0.0995 e. The summed E-state index contributed by atoms with van der Waals surface area (Å²) in [5, 5.41) is 0.